The maximum Gasteiger partial charge on any atom is 0.530 e. The SMILES string of the molecule is [2H]C([2H])(OP1(=O)OCc2cc(Cl)ccc2O1)[C@@]1(F)O[C@@]([2H])(N2C=C(CO)C(=O)NC2=C)[C@H](O)[C@@H]1O. The number of carbonyl (C=O) groups is 1. The average Bonchev–Trinajstić information content (AvgIpc) is 2.95. The molecule has 3 aliphatic rings. The van der Waals surface area contributed by atoms with Crippen LogP contribution in [0.2, 0.25) is 5.02 Å². The summed E-state index contributed by atoms with van der Waals surface area (Å²) in [6.45, 7) is -1.62. The fourth-order valence-corrected chi connectivity index (χ4v) is 4.26. The summed E-state index contributed by atoms with van der Waals surface area (Å²) in [5.74, 6) is -5.28. The van der Waals surface area contributed by atoms with Gasteiger partial charge in [0.25, 0.3) is 11.8 Å². The molecule has 32 heavy (non-hydrogen) atoms. The first kappa shape index (κ1) is 19.4. The van der Waals surface area contributed by atoms with Gasteiger partial charge in [-0.3, -0.25) is 13.8 Å². The van der Waals surface area contributed by atoms with Crippen molar-refractivity contribution >= 4 is 25.3 Å². The van der Waals surface area contributed by atoms with Gasteiger partial charge in [-0.15, -0.1) is 0 Å². The van der Waals surface area contributed by atoms with Crippen LogP contribution in [0.15, 0.2) is 42.4 Å². The molecule has 1 fully saturated rings. The van der Waals surface area contributed by atoms with Gasteiger partial charge in [0.1, 0.15) is 30.3 Å². The third-order valence-corrected chi connectivity index (χ3v) is 6.04. The predicted molar refractivity (Wildman–Crippen MR) is 105 cm³/mol. The Morgan fingerprint density at radius 2 is 2.28 bits per heavy atom. The van der Waals surface area contributed by atoms with Crippen LogP contribution in [0.25, 0.3) is 0 Å². The van der Waals surface area contributed by atoms with Gasteiger partial charge in [0.15, 0.2) is 6.20 Å². The lowest BCUT2D eigenvalue weighted by Crippen LogP contribution is -2.48. The molecule has 1 aromatic carbocycles. The first-order valence-electron chi connectivity index (χ1n) is 10.5. The van der Waals surface area contributed by atoms with Gasteiger partial charge in [0.05, 0.1) is 22.9 Å². The van der Waals surface area contributed by atoms with E-state index in [1.165, 1.54) is 18.2 Å². The molecule has 174 valence electrons. The van der Waals surface area contributed by atoms with Gasteiger partial charge in [-0.2, -0.15) is 0 Å². The number of amides is 1. The molecule has 5 atom stereocenters. The Kier molecular flexibility index (Phi) is 5.10. The second-order valence-corrected chi connectivity index (χ2v) is 8.77. The minimum absolute atomic E-state index is 0.0440. The molecule has 4 rings (SSSR count). The molecule has 0 aromatic heterocycles. The molecule has 3 heterocycles. The molecule has 0 radical (unpaired) electrons. The topological polar surface area (TPSA) is 147 Å². The summed E-state index contributed by atoms with van der Waals surface area (Å²) >= 11 is 5.86. The van der Waals surface area contributed by atoms with Crippen molar-refractivity contribution in [3.63, 3.8) is 0 Å². The lowest BCUT2D eigenvalue weighted by atomic mass is 10.1. The van der Waals surface area contributed by atoms with Gasteiger partial charge >= 0.3 is 7.82 Å². The summed E-state index contributed by atoms with van der Waals surface area (Å²) in [6, 6.07) is 4.12. The van der Waals surface area contributed by atoms with Gasteiger partial charge < -0.3 is 34.8 Å². The van der Waals surface area contributed by atoms with Crippen molar-refractivity contribution < 1.29 is 51.5 Å². The number of aliphatic hydroxyl groups is 3. The average molecular weight is 496 g/mol. The van der Waals surface area contributed by atoms with E-state index < -0.39 is 63.6 Å². The largest absolute Gasteiger partial charge is 0.530 e. The Balaban J connectivity index is 1.63. The summed E-state index contributed by atoms with van der Waals surface area (Å²) in [5.41, 5.74) is 0.00937. The highest BCUT2D eigenvalue weighted by atomic mass is 35.5. The molecule has 0 spiro atoms. The maximum atomic E-state index is 15.9. The molecule has 1 aromatic rings. The maximum absolute atomic E-state index is 15.9. The van der Waals surface area contributed by atoms with Gasteiger partial charge in [-0.1, -0.05) is 18.2 Å². The van der Waals surface area contributed by atoms with Crippen LogP contribution in [-0.4, -0.2) is 63.6 Å². The smallest absolute Gasteiger partial charge is 0.404 e. The minimum atomic E-state index is -4.86. The zero-order chi connectivity index (χ0) is 26.0. The van der Waals surface area contributed by atoms with E-state index in [1.54, 1.807) is 0 Å². The Morgan fingerprint density at radius 3 is 3.00 bits per heavy atom. The number of carbonyl (C=O) groups excluding carboxylic acids is 1. The molecule has 3 aliphatic heterocycles. The number of hydrogen-bond donors (Lipinski definition) is 4. The standard InChI is InChI=1S/C18H19ClFN2O9P/c1-9-21-16(26)11(6-23)5-22(9)17-14(24)15(25)18(20,30-17)8-29-32(27)28-7-10-4-12(19)2-3-13(10)31-32/h2-5,14-15,17,23-25H,1,6-8H2,(H,21,26)/t14-,15+,17-,18-,32?/m1/s1/i8D2,17D. The lowest BCUT2D eigenvalue weighted by Gasteiger charge is -2.34. The van der Waals surface area contributed by atoms with Gasteiger partial charge in [-0.25, -0.2) is 8.96 Å². The van der Waals surface area contributed by atoms with Crippen molar-refractivity contribution in [2.24, 2.45) is 0 Å². The van der Waals surface area contributed by atoms with E-state index in [9.17, 15) is 24.7 Å². The molecule has 11 nitrogen and oxygen atoms in total. The lowest BCUT2D eigenvalue weighted by molar-refractivity contribution is -0.208. The van der Waals surface area contributed by atoms with Crippen molar-refractivity contribution in [2.45, 2.75) is 30.9 Å². The number of aliphatic hydroxyl groups excluding tert-OH is 3. The third-order valence-electron chi connectivity index (χ3n) is 4.63. The van der Waals surface area contributed by atoms with Crippen LogP contribution in [0.4, 0.5) is 4.39 Å². The van der Waals surface area contributed by atoms with Crippen LogP contribution < -0.4 is 9.84 Å². The second kappa shape index (κ2) is 8.40. The molecule has 14 heteroatoms. The molecule has 1 amide bonds. The quantitative estimate of drug-likeness (QED) is 0.434. The van der Waals surface area contributed by atoms with Crippen LogP contribution in [0, 0.1) is 0 Å². The third kappa shape index (κ3) is 4.16. The van der Waals surface area contributed by atoms with Gasteiger partial charge in [-0.05, 0) is 18.2 Å². The van der Waals surface area contributed by atoms with Crippen LogP contribution >= 0.6 is 19.4 Å². The van der Waals surface area contributed by atoms with E-state index in [0.29, 0.717) is 15.5 Å². The Bertz CT molecular complexity index is 1180. The second-order valence-electron chi connectivity index (χ2n) is 6.82. The molecule has 0 bridgehead atoms. The van der Waals surface area contributed by atoms with Crippen LogP contribution in [0.5, 0.6) is 5.75 Å². The van der Waals surface area contributed by atoms with Crippen molar-refractivity contribution in [3.8, 4) is 5.75 Å². The first-order valence-corrected chi connectivity index (χ1v) is 10.8. The Hall–Kier alpha value is -2.02. The van der Waals surface area contributed by atoms with Gasteiger partial charge in [0.2, 0.25) is 0 Å². The molecule has 0 aliphatic carbocycles. The van der Waals surface area contributed by atoms with Crippen molar-refractivity contribution in [3.05, 3.63) is 53.0 Å². The highest BCUT2D eigenvalue weighted by Crippen LogP contribution is 2.55. The number of benzene rings is 1. The summed E-state index contributed by atoms with van der Waals surface area (Å²) in [5, 5.41) is 32.6. The summed E-state index contributed by atoms with van der Waals surface area (Å²) < 4.78 is 73.0. The summed E-state index contributed by atoms with van der Waals surface area (Å²) in [4.78, 5) is 12.4. The number of ether oxygens (including phenoxy) is 1. The molecular weight excluding hydrogens is 474 g/mol. The molecule has 4 N–H and O–H groups in total. The Morgan fingerprint density at radius 1 is 1.53 bits per heavy atom. The van der Waals surface area contributed by atoms with Crippen LogP contribution in [0.1, 0.15) is 9.68 Å². The van der Waals surface area contributed by atoms with Crippen LogP contribution in [-0.2, 0) is 29.8 Å². The van der Waals surface area contributed by atoms with E-state index >= 15 is 4.39 Å². The Labute approximate surface area is 190 Å². The number of nitrogens with one attached hydrogen (secondary N) is 1. The first-order chi connectivity index (χ1) is 16.2. The number of halogens is 2. The predicted octanol–water partition coefficient (Wildman–Crippen LogP) is 0.897. The number of hydrogen-bond acceptors (Lipinski definition) is 10. The van der Waals surface area contributed by atoms with Crippen molar-refractivity contribution in [1.82, 2.24) is 10.2 Å². The van der Waals surface area contributed by atoms with Crippen LogP contribution in [0.3, 0.4) is 0 Å². The van der Waals surface area contributed by atoms with E-state index in [2.05, 4.69) is 11.9 Å². The molecule has 0 saturated carbocycles. The number of alkyl halides is 1. The number of phosphoric acid groups is 1. The van der Waals surface area contributed by atoms with E-state index in [0.717, 1.165) is 6.20 Å². The molecule has 1 saturated heterocycles. The van der Waals surface area contributed by atoms with Crippen molar-refractivity contribution in [1.29, 1.82) is 0 Å². The zero-order valence-electron chi connectivity index (χ0n) is 19.0. The summed E-state index contributed by atoms with van der Waals surface area (Å²) in [7, 11) is -4.86. The number of fused-ring (bicyclic) bond motifs is 1. The normalized spacial score (nSPS) is 38.7. The van der Waals surface area contributed by atoms with E-state index in [4.69, 9.17) is 34.0 Å². The minimum Gasteiger partial charge on any atom is -0.404 e. The summed E-state index contributed by atoms with van der Waals surface area (Å²) in [6.07, 6.45) is -7.49. The van der Waals surface area contributed by atoms with Gasteiger partial charge in [0, 0.05) is 16.8 Å². The fourth-order valence-electron chi connectivity index (χ4n) is 2.97. The number of nitrogens with zero attached hydrogens (tertiary/aromatic N) is 1. The highest BCUT2D eigenvalue weighted by Gasteiger charge is 2.58. The number of phosphoric ester groups is 1. The number of rotatable bonds is 5. The molecule has 1 unspecified atom stereocenters. The highest BCUT2D eigenvalue weighted by molar-refractivity contribution is 7.49. The molecular formula is C18H19ClFN2O9P. The zero-order valence-corrected chi connectivity index (χ0v) is 17.7. The van der Waals surface area contributed by atoms with E-state index in [-0.39, 0.29) is 11.3 Å². The monoisotopic (exact) mass is 495 g/mol. The fraction of sp³-hybridized carbons (Fsp3) is 0.389. The van der Waals surface area contributed by atoms with E-state index in [1.807, 2.05) is 0 Å². The van der Waals surface area contributed by atoms with Crippen molar-refractivity contribution in [2.75, 3.05) is 13.2 Å².